The highest BCUT2D eigenvalue weighted by Gasteiger charge is 2.07. The third-order valence-corrected chi connectivity index (χ3v) is 1.47. The molecule has 1 heterocycles. The lowest BCUT2D eigenvalue weighted by Crippen LogP contribution is -2.01. The van der Waals surface area contributed by atoms with Crippen LogP contribution in [0.15, 0.2) is 12.4 Å². The summed E-state index contributed by atoms with van der Waals surface area (Å²) in [7, 11) is 0. The molecular formula is C8H7N3O. The summed E-state index contributed by atoms with van der Waals surface area (Å²) in [4.78, 5) is 11.2. The third kappa shape index (κ3) is 1.64. The van der Waals surface area contributed by atoms with E-state index in [-0.39, 0.29) is 12.2 Å². The second kappa shape index (κ2) is 3.58. The highest BCUT2D eigenvalue weighted by atomic mass is 16.1. The van der Waals surface area contributed by atoms with Crippen molar-refractivity contribution in [2.24, 2.45) is 0 Å². The predicted molar refractivity (Wildman–Crippen MR) is 41.3 cm³/mol. The number of hydrogen-bond acceptors (Lipinski definition) is 4. The van der Waals surface area contributed by atoms with E-state index >= 15 is 0 Å². The Morgan fingerprint density at radius 2 is 2.25 bits per heavy atom. The minimum Gasteiger partial charge on any atom is -0.293 e. The molecule has 0 unspecified atom stereocenters. The first-order chi connectivity index (χ1) is 5.75. The van der Waals surface area contributed by atoms with Crippen LogP contribution < -0.4 is 0 Å². The Labute approximate surface area is 69.9 Å². The van der Waals surface area contributed by atoms with Gasteiger partial charge in [-0.25, -0.2) is 0 Å². The van der Waals surface area contributed by atoms with Crippen molar-refractivity contribution in [1.82, 2.24) is 10.2 Å². The lowest BCUT2D eigenvalue weighted by molar-refractivity contribution is 0.0996. The Morgan fingerprint density at radius 1 is 1.58 bits per heavy atom. The van der Waals surface area contributed by atoms with Crippen LogP contribution in [0, 0.1) is 18.3 Å². The molecule has 0 fully saturated rings. The summed E-state index contributed by atoms with van der Waals surface area (Å²) < 4.78 is 0. The maximum absolute atomic E-state index is 11.2. The molecule has 0 bridgehead atoms. The zero-order chi connectivity index (χ0) is 8.97. The summed E-state index contributed by atoms with van der Waals surface area (Å²) in [6, 6.07) is 1.80. The molecule has 4 nitrogen and oxygen atoms in total. The number of nitriles is 1. The van der Waals surface area contributed by atoms with E-state index in [9.17, 15) is 4.79 Å². The van der Waals surface area contributed by atoms with Gasteiger partial charge < -0.3 is 0 Å². The maximum atomic E-state index is 11.2. The number of aryl methyl sites for hydroxylation is 1. The summed E-state index contributed by atoms with van der Waals surface area (Å²) in [5, 5.41) is 15.5. The van der Waals surface area contributed by atoms with E-state index < -0.39 is 0 Å². The Morgan fingerprint density at radius 3 is 2.83 bits per heavy atom. The van der Waals surface area contributed by atoms with Crippen LogP contribution in [0.3, 0.4) is 0 Å². The van der Waals surface area contributed by atoms with Gasteiger partial charge in [0.15, 0.2) is 5.78 Å². The predicted octanol–water partition coefficient (Wildman–Crippen LogP) is 0.881. The van der Waals surface area contributed by atoms with Crippen LogP contribution in [0.4, 0.5) is 0 Å². The van der Waals surface area contributed by atoms with Crippen LogP contribution in [-0.4, -0.2) is 16.0 Å². The van der Waals surface area contributed by atoms with Gasteiger partial charge in [0.1, 0.15) is 0 Å². The molecule has 12 heavy (non-hydrogen) atoms. The normalized spacial score (nSPS) is 9.00. The number of carbonyl (C=O) groups excluding carboxylic acids is 1. The van der Waals surface area contributed by atoms with Gasteiger partial charge in [-0.2, -0.15) is 15.5 Å². The van der Waals surface area contributed by atoms with Gasteiger partial charge in [0.2, 0.25) is 0 Å². The molecule has 1 rings (SSSR count). The number of Topliss-reactive ketones (excluding diaryl/α,β-unsaturated/α-hetero) is 1. The number of carbonyl (C=O) groups is 1. The monoisotopic (exact) mass is 161 g/mol. The average Bonchev–Trinajstić information content (AvgIpc) is 2.05. The highest BCUT2D eigenvalue weighted by Crippen LogP contribution is 2.05. The molecule has 4 heteroatoms. The minimum atomic E-state index is -0.204. The van der Waals surface area contributed by atoms with E-state index in [1.807, 2.05) is 0 Å². The first-order valence-electron chi connectivity index (χ1n) is 3.43. The fourth-order valence-corrected chi connectivity index (χ4v) is 0.841. The van der Waals surface area contributed by atoms with E-state index in [0.29, 0.717) is 5.56 Å². The first-order valence-corrected chi connectivity index (χ1v) is 3.43. The number of nitrogens with zero attached hydrogens (tertiary/aromatic N) is 3. The molecule has 60 valence electrons. The minimum absolute atomic E-state index is 0.105. The Kier molecular flexibility index (Phi) is 2.49. The van der Waals surface area contributed by atoms with Crippen molar-refractivity contribution in [3.63, 3.8) is 0 Å². The molecule has 0 amide bonds. The molecule has 0 aliphatic rings. The average molecular weight is 161 g/mol. The Balaban J connectivity index is 2.97. The van der Waals surface area contributed by atoms with Crippen LogP contribution in [0.25, 0.3) is 0 Å². The van der Waals surface area contributed by atoms with Crippen molar-refractivity contribution in [3.05, 3.63) is 23.5 Å². The highest BCUT2D eigenvalue weighted by molar-refractivity contribution is 5.98. The fraction of sp³-hybridized carbons (Fsp3) is 0.250. The van der Waals surface area contributed by atoms with E-state index in [1.165, 1.54) is 12.4 Å². The number of ketones is 1. The quantitative estimate of drug-likeness (QED) is 0.604. The zero-order valence-corrected chi connectivity index (χ0v) is 6.61. The maximum Gasteiger partial charge on any atom is 0.178 e. The van der Waals surface area contributed by atoms with Gasteiger partial charge >= 0.3 is 0 Å². The summed E-state index contributed by atoms with van der Waals surface area (Å²) in [6.07, 6.45) is 2.78. The van der Waals surface area contributed by atoms with Crippen molar-refractivity contribution in [3.8, 4) is 6.07 Å². The van der Waals surface area contributed by atoms with Gasteiger partial charge in [-0.05, 0) is 12.5 Å². The number of hydrogen-bond donors (Lipinski definition) is 0. The van der Waals surface area contributed by atoms with Crippen LogP contribution >= 0.6 is 0 Å². The standard InChI is InChI=1S/C8H7N3O/c1-6-4-10-11-5-7(6)8(12)2-3-9/h4-5H,2H2,1H3. The zero-order valence-electron chi connectivity index (χ0n) is 6.61. The Hall–Kier alpha value is -1.76. The smallest absolute Gasteiger partial charge is 0.178 e. The molecule has 0 aromatic carbocycles. The van der Waals surface area contributed by atoms with Gasteiger partial charge in [0, 0.05) is 5.56 Å². The molecular weight excluding hydrogens is 154 g/mol. The molecule has 1 aromatic heterocycles. The Bertz CT molecular complexity index is 340. The van der Waals surface area contributed by atoms with Crippen LogP contribution in [0.2, 0.25) is 0 Å². The van der Waals surface area contributed by atoms with Gasteiger partial charge in [0.05, 0.1) is 24.9 Å². The fourth-order valence-electron chi connectivity index (χ4n) is 0.841. The molecule has 0 saturated carbocycles. The van der Waals surface area contributed by atoms with E-state index in [4.69, 9.17) is 5.26 Å². The molecule has 0 N–H and O–H groups in total. The lowest BCUT2D eigenvalue weighted by Gasteiger charge is -1.97. The lowest BCUT2D eigenvalue weighted by atomic mass is 10.1. The SMILES string of the molecule is Cc1cnncc1C(=O)CC#N. The molecule has 0 spiro atoms. The van der Waals surface area contributed by atoms with E-state index in [2.05, 4.69) is 10.2 Å². The van der Waals surface area contributed by atoms with Gasteiger partial charge in [-0.15, -0.1) is 0 Å². The first kappa shape index (κ1) is 8.34. The van der Waals surface area contributed by atoms with Gasteiger partial charge in [0.25, 0.3) is 0 Å². The molecule has 0 atom stereocenters. The van der Waals surface area contributed by atoms with Crippen LogP contribution in [0.1, 0.15) is 22.3 Å². The van der Waals surface area contributed by atoms with Crippen LogP contribution in [0.5, 0.6) is 0 Å². The van der Waals surface area contributed by atoms with Crippen molar-refractivity contribution >= 4 is 5.78 Å². The second-order valence-corrected chi connectivity index (χ2v) is 2.34. The van der Waals surface area contributed by atoms with E-state index in [1.54, 1.807) is 13.0 Å². The number of aromatic nitrogens is 2. The second-order valence-electron chi connectivity index (χ2n) is 2.34. The van der Waals surface area contributed by atoms with E-state index in [0.717, 1.165) is 5.56 Å². The molecule has 0 aliphatic heterocycles. The van der Waals surface area contributed by atoms with Crippen molar-refractivity contribution < 1.29 is 4.79 Å². The molecule has 0 aliphatic carbocycles. The van der Waals surface area contributed by atoms with Crippen molar-refractivity contribution in [2.45, 2.75) is 13.3 Å². The topological polar surface area (TPSA) is 66.6 Å². The molecule has 0 saturated heterocycles. The van der Waals surface area contributed by atoms with Gasteiger partial charge in [-0.3, -0.25) is 4.79 Å². The van der Waals surface area contributed by atoms with Crippen LogP contribution in [-0.2, 0) is 0 Å². The number of rotatable bonds is 2. The summed E-state index contributed by atoms with van der Waals surface area (Å²) in [5.41, 5.74) is 1.23. The summed E-state index contributed by atoms with van der Waals surface area (Å²) in [5.74, 6) is -0.204. The largest absolute Gasteiger partial charge is 0.293 e. The molecule has 0 radical (unpaired) electrons. The van der Waals surface area contributed by atoms with Crippen molar-refractivity contribution in [2.75, 3.05) is 0 Å². The third-order valence-electron chi connectivity index (χ3n) is 1.47. The molecule has 1 aromatic rings. The van der Waals surface area contributed by atoms with Crippen molar-refractivity contribution in [1.29, 1.82) is 5.26 Å². The van der Waals surface area contributed by atoms with Gasteiger partial charge in [-0.1, -0.05) is 0 Å². The summed E-state index contributed by atoms with van der Waals surface area (Å²) in [6.45, 7) is 1.76. The summed E-state index contributed by atoms with van der Waals surface area (Å²) >= 11 is 0.